The molecule has 1 aliphatic heterocycles. The van der Waals surface area contributed by atoms with Crippen molar-refractivity contribution in [2.24, 2.45) is 0 Å². The lowest BCUT2D eigenvalue weighted by molar-refractivity contribution is -0.137. The average Bonchev–Trinajstić information content (AvgIpc) is 3.26. The van der Waals surface area contributed by atoms with Crippen LogP contribution in [0.1, 0.15) is 27.0 Å². The Morgan fingerprint density at radius 1 is 1.16 bits per heavy atom. The molecule has 38 heavy (non-hydrogen) atoms. The van der Waals surface area contributed by atoms with Crippen molar-refractivity contribution >= 4 is 33.6 Å². The Bertz CT molecular complexity index is 1510. The van der Waals surface area contributed by atoms with Crippen LogP contribution in [0.3, 0.4) is 0 Å². The zero-order valence-electron chi connectivity index (χ0n) is 20.1. The third kappa shape index (κ3) is 4.90. The SMILES string of the molecule is CN1CCS(O)(O)C(c2nc(-c3ccc(C(=O)Nc4cc(C(F)(F)F)ccn4)cc3)c3c(N)nccn23)C1. The lowest BCUT2D eigenvalue weighted by atomic mass is 10.1. The molecular formula is C24H24F3N7O3S. The van der Waals surface area contributed by atoms with Gasteiger partial charge in [-0.15, -0.1) is 0 Å². The van der Waals surface area contributed by atoms with Crippen LogP contribution in [0.2, 0.25) is 0 Å². The van der Waals surface area contributed by atoms with Crippen molar-refractivity contribution in [2.75, 3.05) is 36.9 Å². The van der Waals surface area contributed by atoms with E-state index in [4.69, 9.17) is 10.7 Å². The predicted octanol–water partition coefficient (Wildman–Crippen LogP) is 4.38. The van der Waals surface area contributed by atoms with Gasteiger partial charge in [-0.25, -0.2) is 15.0 Å². The van der Waals surface area contributed by atoms with Gasteiger partial charge in [0.2, 0.25) is 0 Å². The van der Waals surface area contributed by atoms with Crippen LogP contribution in [0.15, 0.2) is 55.0 Å². The number of hydrogen-bond donors (Lipinski definition) is 4. The van der Waals surface area contributed by atoms with E-state index in [1.165, 1.54) is 18.3 Å². The summed E-state index contributed by atoms with van der Waals surface area (Å²) in [4.78, 5) is 27.4. The summed E-state index contributed by atoms with van der Waals surface area (Å²) in [6.07, 6.45) is -0.426. The Labute approximate surface area is 216 Å². The highest BCUT2D eigenvalue weighted by atomic mass is 32.3. The van der Waals surface area contributed by atoms with Crippen molar-refractivity contribution in [3.05, 3.63) is 71.9 Å². The first-order valence-corrected chi connectivity index (χ1v) is 13.2. The molecule has 1 atom stereocenters. The largest absolute Gasteiger partial charge is 0.416 e. The number of nitrogens with two attached hydrogens (primary N) is 1. The number of benzene rings is 1. The molecule has 10 nitrogen and oxygen atoms in total. The first-order valence-electron chi connectivity index (χ1n) is 11.4. The summed E-state index contributed by atoms with van der Waals surface area (Å²) in [5.41, 5.74) is 6.96. The number of nitrogens with zero attached hydrogens (tertiary/aromatic N) is 5. The van der Waals surface area contributed by atoms with Gasteiger partial charge in [-0.2, -0.15) is 23.8 Å². The molecule has 1 fully saturated rings. The number of rotatable bonds is 4. The van der Waals surface area contributed by atoms with E-state index in [1.807, 2.05) is 11.9 Å². The Kier molecular flexibility index (Phi) is 6.51. The van der Waals surface area contributed by atoms with Gasteiger partial charge in [-0.1, -0.05) is 12.1 Å². The van der Waals surface area contributed by atoms with Gasteiger partial charge in [-0.05, 0) is 31.3 Å². The van der Waals surface area contributed by atoms with E-state index < -0.39 is 33.5 Å². The number of halogens is 3. The number of carbonyl (C=O) groups excluding carboxylic acids is 1. The van der Waals surface area contributed by atoms with Gasteiger partial charge in [0.1, 0.15) is 33.9 Å². The highest BCUT2D eigenvalue weighted by Gasteiger charge is 2.37. The Morgan fingerprint density at radius 3 is 2.61 bits per heavy atom. The van der Waals surface area contributed by atoms with Crippen molar-refractivity contribution < 1.29 is 27.1 Å². The second kappa shape index (κ2) is 9.54. The van der Waals surface area contributed by atoms with Crippen molar-refractivity contribution in [3.8, 4) is 11.3 Å². The monoisotopic (exact) mass is 547 g/mol. The van der Waals surface area contributed by atoms with Crippen LogP contribution < -0.4 is 11.1 Å². The van der Waals surface area contributed by atoms with Crippen LogP contribution in [-0.2, 0) is 6.18 Å². The van der Waals surface area contributed by atoms with Gasteiger partial charge in [0.15, 0.2) is 0 Å². The molecule has 200 valence electrons. The van der Waals surface area contributed by atoms with Gasteiger partial charge in [0.05, 0.1) is 11.3 Å². The lowest BCUT2D eigenvalue weighted by Gasteiger charge is -2.45. The zero-order chi connectivity index (χ0) is 27.2. The van der Waals surface area contributed by atoms with Crippen molar-refractivity contribution in [3.63, 3.8) is 0 Å². The number of amides is 1. The summed E-state index contributed by atoms with van der Waals surface area (Å²) in [5.74, 6) is -0.00995. The summed E-state index contributed by atoms with van der Waals surface area (Å²) in [7, 11) is -1.06. The minimum Gasteiger partial charge on any atom is -0.382 e. The highest BCUT2D eigenvalue weighted by Crippen LogP contribution is 2.55. The number of fused-ring (bicyclic) bond motifs is 1. The van der Waals surface area contributed by atoms with Gasteiger partial charge in [0, 0.05) is 42.8 Å². The fourth-order valence-corrected chi connectivity index (χ4v) is 6.20. The Hall–Kier alpha value is -3.72. The molecule has 4 aromatic rings. The molecule has 1 aromatic carbocycles. The Balaban J connectivity index is 1.47. The number of nitrogen functional groups attached to an aromatic ring is 1. The molecule has 5 N–H and O–H groups in total. The lowest BCUT2D eigenvalue weighted by Crippen LogP contribution is -2.38. The normalized spacial score (nSPS) is 18.8. The molecule has 0 aliphatic carbocycles. The second-order valence-electron chi connectivity index (χ2n) is 8.98. The van der Waals surface area contributed by atoms with Gasteiger partial charge in [-0.3, -0.25) is 18.3 Å². The predicted molar refractivity (Wildman–Crippen MR) is 138 cm³/mol. The topological polar surface area (TPSA) is 142 Å². The molecular weight excluding hydrogens is 523 g/mol. The summed E-state index contributed by atoms with van der Waals surface area (Å²) < 4.78 is 62.2. The maximum Gasteiger partial charge on any atom is 0.416 e. The molecule has 3 aromatic heterocycles. The van der Waals surface area contributed by atoms with E-state index in [-0.39, 0.29) is 23.0 Å². The van der Waals surface area contributed by atoms with Gasteiger partial charge >= 0.3 is 6.18 Å². The molecule has 0 saturated carbocycles. The van der Waals surface area contributed by atoms with Crippen LogP contribution in [0.4, 0.5) is 24.8 Å². The van der Waals surface area contributed by atoms with Gasteiger partial charge in [0.25, 0.3) is 5.91 Å². The van der Waals surface area contributed by atoms with Crippen molar-refractivity contribution in [1.82, 2.24) is 24.3 Å². The molecule has 5 rings (SSSR count). The summed E-state index contributed by atoms with van der Waals surface area (Å²) >= 11 is 0. The fourth-order valence-electron chi connectivity index (χ4n) is 4.34. The van der Waals surface area contributed by atoms with Crippen LogP contribution in [0.25, 0.3) is 16.8 Å². The van der Waals surface area contributed by atoms with E-state index in [0.29, 0.717) is 35.7 Å². The van der Waals surface area contributed by atoms with Gasteiger partial charge < -0.3 is 16.0 Å². The van der Waals surface area contributed by atoms with E-state index in [9.17, 15) is 27.1 Å². The van der Waals surface area contributed by atoms with Crippen LogP contribution in [-0.4, -0.2) is 65.2 Å². The van der Waals surface area contributed by atoms with E-state index in [0.717, 1.165) is 18.3 Å². The molecule has 4 heterocycles. The second-order valence-corrected chi connectivity index (χ2v) is 11.4. The standard InChI is InChI=1S/C24H24F3N7O3S/c1-33-10-11-38(36,37)17(13-33)22-32-19(20-21(28)30-8-9-34(20)22)14-2-4-15(5-3-14)23(35)31-18-12-16(6-7-29-18)24(25,26)27/h2-9,12,17,36-37H,10-11,13H2,1H3,(H2,28,30)(H,29,31,35). The average molecular weight is 548 g/mol. The van der Waals surface area contributed by atoms with Crippen LogP contribution >= 0.6 is 10.6 Å². The number of likely N-dealkylation sites (N-methyl/N-ethyl adjacent to an activating group) is 1. The number of hydrogen-bond acceptors (Lipinski definition) is 8. The summed E-state index contributed by atoms with van der Waals surface area (Å²) in [5, 5.41) is 1.73. The first-order chi connectivity index (χ1) is 17.9. The maximum absolute atomic E-state index is 13.0. The number of alkyl halides is 3. The zero-order valence-corrected chi connectivity index (χ0v) is 20.9. The third-order valence-electron chi connectivity index (χ3n) is 6.35. The minimum absolute atomic E-state index is 0.186. The Morgan fingerprint density at radius 2 is 1.89 bits per heavy atom. The minimum atomic E-state index is -4.56. The van der Waals surface area contributed by atoms with E-state index in [2.05, 4.69) is 15.3 Å². The third-order valence-corrected chi connectivity index (χ3v) is 8.41. The molecule has 0 spiro atoms. The smallest absolute Gasteiger partial charge is 0.382 e. The highest BCUT2D eigenvalue weighted by molar-refractivity contribution is 8.24. The summed E-state index contributed by atoms with van der Waals surface area (Å²) in [6, 6.07) is 7.82. The molecule has 14 heteroatoms. The molecule has 1 aliphatic rings. The molecule has 1 saturated heterocycles. The van der Waals surface area contributed by atoms with E-state index >= 15 is 0 Å². The number of aromatic nitrogens is 4. The molecule has 1 unspecified atom stereocenters. The number of imidazole rings is 1. The van der Waals surface area contributed by atoms with Crippen molar-refractivity contribution in [1.29, 1.82) is 0 Å². The number of anilines is 2. The van der Waals surface area contributed by atoms with E-state index in [1.54, 1.807) is 22.7 Å². The molecule has 0 bridgehead atoms. The molecule has 0 radical (unpaired) electrons. The molecule has 1 amide bonds. The maximum atomic E-state index is 13.0. The fraction of sp³-hybridized carbons (Fsp3) is 0.250. The van der Waals surface area contributed by atoms with Crippen LogP contribution in [0, 0.1) is 0 Å². The van der Waals surface area contributed by atoms with Crippen LogP contribution in [0.5, 0.6) is 0 Å². The first kappa shape index (κ1) is 25.9. The summed E-state index contributed by atoms with van der Waals surface area (Å²) in [6.45, 7) is 0.948. The number of pyridine rings is 1. The quantitative estimate of drug-likeness (QED) is 0.295. The van der Waals surface area contributed by atoms with Crippen molar-refractivity contribution in [2.45, 2.75) is 11.4 Å². The number of nitrogens with one attached hydrogen (secondary N) is 1. The number of carbonyl (C=O) groups is 1.